The van der Waals surface area contributed by atoms with Gasteiger partial charge in [0.05, 0.1) is 0 Å². The standard InChI is InChI=1S/C18H32N2O3/c1-12(2)16(13-6-4-3-5-7-13)18(22)19-15-10-8-14(9-11-15)17(21)20-23/h12-16,23H,3-11H2,1-2H3,(H,19,22)(H,20,21)/t14?,15?,16-/m0/s1. The zero-order valence-corrected chi connectivity index (χ0v) is 14.5. The Morgan fingerprint density at radius 2 is 1.57 bits per heavy atom. The van der Waals surface area contributed by atoms with Gasteiger partial charge in [-0.15, -0.1) is 0 Å². The zero-order valence-electron chi connectivity index (χ0n) is 14.5. The molecule has 0 aromatic heterocycles. The van der Waals surface area contributed by atoms with E-state index in [1.807, 2.05) is 0 Å². The number of hydroxylamine groups is 1. The Kier molecular flexibility index (Phi) is 6.88. The van der Waals surface area contributed by atoms with Crippen LogP contribution in [0.3, 0.4) is 0 Å². The van der Waals surface area contributed by atoms with Crippen LogP contribution in [0.15, 0.2) is 0 Å². The van der Waals surface area contributed by atoms with Crippen LogP contribution >= 0.6 is 0 Å². The van der Waals surface area contributed by atoms with Crippen molar-refractivity contribution in [1.29, 1.82) is 0 Å². The molecule has 2 fully saturated rings. The molecule has 0 spiro atoms. The molecule has 132 valence electrons. The summed E-state index contributed by atoms with van der Waals surface area (Å²) in [6.07, 6.45) is 9.27. The highest BCUT2D eigenvalue weighted by Gasteiger charge is 2.34. The van der Waals surface area contributed by atoms with Gasteiger partial charge >= 0.3 is 0 Å². The lowest BCUT2D eigenvalue weighted by molar-refractivity contribution is -0.134. The number of hydrogen-bond donors (Lipinski definition) is 3. The maximum Gasteiger partial charge on any atom is 0.246 e. The lowest BCUT2D eigenvalue weighted by atomic mass is 9.74. The van der Waals surface area contributed by atoms with Crippen molar-refractivity contribution in [3.63, 3.8) is 0 Å². The molecule has 0 aliphatic heterocycles. The average molecular weight is 324 g/mol. The summed E-state index contributed by atoms with van der Waals surface area (Å²) in [4.78, 5) is 24.2. The predicted molar refractivity (Wildman–Crippen MR) is 88.7 cm³/mol. The molecule has 0 heterocycles. The van der Waals surface area contributed by atoms with E-state index >= 15 is 0 Å². The second-order valence-electron chi connectivity index (χ2n) is 7.70. The molecule has 0 unspecified atom stereocenters. The minimum atomic E-state index is -0.294. The first-order chi connectivity index (χ1) is 11.0. The fourth-order valence-corrected chi connectivity index (χ4v) is 4.44. The molecule has 0 bridgehead atoms. The van der Waals surface area contributed by atoms with E-state index < -0.39 is 0 Å². The Hall–Kier alpha value is -1.10. The average Bonchev–Trinajstić information content (AvgIpc) is 2.55. The van der Waals surface area contributed by atoms with Gasteiger partial charge in [0.2, 0.25) is 11.8 Å². The van der Waals surface area contributed by atoms with Gasteiger partial charge in [0, 0.05) is 17.9 Å². The van der Waals surface area contributed by atoms with Crippen LogP contribution in [0.1, 0.15) is 71.6 Å². The smallest absolute Gasteiger partial charge is 0.246 e. The topological polar surface area (TPSA) is 78.4 Å². The fourth-order valence-electron chi connectivity index (χ4n) is 4.44. The molecule has 2 saturated carbocycles. The van der Waals surface area contributed by atoms with Crippen LogP contribution in [0.25, 0.3) is 0 Å². The largest absolute Gasteiger partial charge is 0.353 e. The molecule has 23 heavy (non-hydrogen) atoms. The van der Waals surface area contributed by atoms with Gasteiger partial charge < -0.3 is 5.32 Å². The quantitative estimate of drug-likeness (QED) is 0.537. The SMILES string of the molecule is CC(C)[C@H](C(=O)NC1CCC(C(=O)NO)CC1)C1CCCCC1. The number of amides is 2. The molecule has 0 saturated heterocycles. The highest BCUT2D eigenvalue weighted by molar-refractivity contribution is 5.80. The van der Waals surface area contributed by atoms with E-state index in [0.29, 0.717) is 11.8 Å². The second-order valence-corrected chi connectivity index (χ2v) is 7.70. The van der Waals surface area contributed by atoms with Gasteiger partial charge in [-0.05, 0) is 50.4 Å². The summed E-state index contributed by atoms with van der Waals surface area (Å²) >= 11 is 0. The molecule has 0 aromatic rings. The summed E-state index contributed by atoms with van der Waals surface area (Å²) < 4.78 is 0. The second kappa shape index (κ2) is 8.67. The lowest BCUT2D eigenvalue weighted by Crippen LogP contribution is -2.45. The summed E-state index contributed by atoms with van der Waals surface area (Å²) in [5.41, 5.74) is 1.74. The minimum Gasteiger partial charge on any atom is -0.353 e. The minimum absolute atomic E-state index is 0.118. The van der Waals surface area contributed by atoms with E-state index in [4.69, 9.17) is 5.21 Å². The van der Waals surface area contributed by atoms with Gasteiger partial charge in [-0.2, -0.15) is 0 Å². The third-order valence-corrected chi connectivity index (χ3v) is 5.73. The van der Waals surface area contributed by atoms with E-state index in [1.165, 1.54) is 32.1 Å². The third kappa shape index (κ3) is 4.93. The summed E-state index contributed by atoms with van der Waals surface area (Å²) in [6.45, 7) is 4.31. The van der Waals surface area contributed by atoms with E-state index in [1.54, 1.807) is 5.48 Å². The van der Waals surface area contributed by atoms with Crippen molar-refractivity contribution in [2.24, 2.45) is 23.7 Å². The molecule has 3 N–H and O–H groups in total. The number of carbonyl (C=O) groups excluding carboxylic acids is 2. The third-order valence-electron chi connectivity index (χ3n) is 5.73. The highest BCUT2D eigenvalue weighted by Crippen LogP contribution is 2.34. The molecule has 0 radical (unpaired) electrons. The van der Waals surface area contributed by atoms with Crippen molar-refractivity contribution in [1.82, 2.24) is 10.8 Å². The normalized spacial score (nSPS) is 27.5. The molecule has 5 heteroatoms. The van der Waals surface area contributed by atoms with E-state index in [0.717, 1.165) is 25.7 Å². The molecule has 5 nitrogen and oxygen atoms in total. The molecule has 1 atom stereocenters. The Morgan fingerprint density at radius 3 is 2.09 bits per heavy atom. The first-order valence-corrected chi connectivity index (χ1v) is 9.27. The Bertz CT molecular complexity index is 397. The molecule has 2 rings (SSSR count). The molecule has 2 amide bonds. The van der Waals surface area contributed by atoms with Crippen molar-refractivity contribution in [2.45, 2.75) is 77.7 Å². The lowest BCUT2D eigenvalue weighted by Gasteiger charge is -2.34. The van der Waals surface area contributed by atoms with Gasteiger partial charge in [-0.1, -0.05) is 33.1 Å². The number of hydrogen-bond acceptors (Lipinski definition) is 3. The van der Waals surface area contributed by atoms with Crippen molar-refractivity contribution in [2.75, 3.05) is 0 Å². The van der Waals surface area contributed by atoms with Crippen LogP contribution in [-0.2, 0) is 9.59 Å². The maximum atomic E-state index is 12.8. The molecular weight excluding hydrogens is 292 g/mol. The molecule has 2 aliphatic carbocycles. The number of nitrogens with one attached hydrogen (secondary N) is 2. The molecule has 0 aromatic carbocycles. The Labute approximate surface area is 139 Å². The predicted octanol–water partition coefficient (Wildman–Crippen LogP) is 3.02. The summed E-state index contributed by atoms with van der Waals surface area (Å²) in [5.74, 6) is 0.815. The van der Waals surface area contributed by atoms with Gasteiger partial charge in [0.15, 0.2) is 0 Å². The van der Waals surface area contributed by atoms with Crippen molar-refractivity contribution in [3.8, 4) is 0 Å². The van der Waals surface area contributed by atoms with Gasteiger partial charge in [0.25, 0.3) is 0 Å². The van der Waals surface area contributed by atoms with Gasteiger partial charge in [-0.3, -0.25) is 14.8 Å². The fraction of sp³-hybridized carbons (Fsp3) is 0.889. The van der Waals surface area contributed by atoms with Gasteiger partial charge in [0.1, 0.15) is 0 Å². The van der Waals surface area contributed by atoms with Crippen molar-refractivity contribution in [3.05, 3.63) is 0 Å². The van der Waals surface area contributed by atoms with Crippen LogP contribution in [0, 0.1) is 23.7 Å². The Balaban J connectivity index is 1.86. The van der Waals surface area contributed by atoms with E-state index in [2.05, 4.69) is 19.2 Å². The molecular formula is C18H32N2O3. The Morgan fingerprint density at radius 1 is 0.957 bits per heavy atom. The first-order valence-electron chi connectivity index (χ1n) is 9.27. The number of rotatable bonds is 5. The highest BCUT2D eigenvalue weighted by atomic mass is 16.5. The summed E-state index contributed by atoms with van der Waals surface area (Å²) in [6, 6.07) is 0.176. The van der Waals surface area contributed by atoms with Crippen molar-refractivity contribution < 1.29 is 14.8 Å². The van der Waals surface area contributed by atoms with Crippen LogP contribution < -0.4 is 10.8 Å². The van der Waals surface area contributed by atoms with E-state index in [-0.39, 0.29) is 29.7 Å². The number of carbonyl (C=O) groups is 2. The monoisotopic (exact) mass is 324 g/mol. The first kappa shape index (κ1) is 18.2. The van der Waals surface area contributed by atoms with Crippen LogP contribution in [0.5, 0.6) is 0 Å². The van der Waals surface area contributed by atoms with E-state index in [9.17, 15) is 9.59 Å². The van der Waals surface area contributed by atoms with Gasteiger partial charge in [-0.25, -0.2) is 5.48 Å². The van der Waals surface area contributed by atoms with Crippen molar-refractivity contribution >= 4 is 11.8 Å². The van der Waals surface area contributed by atoms with Crippen LogP contribution in [-0.4, -0.2) is 23.1 Å². The zero-order chi connectivity index (χ0) is 16.8. The summed E-state index contributed by atoms with van der Waals surface area (Å²) in [5, 5.41) is 11.9. The maximum absolute atomic E-state index is 12.8. The van der Waals surface area contributed by atoms with Crippen LogP contribution in [0.4, 0.5) is 0 Å². The summed E-state index contributed by atoms with van der Waals surface area (Å²) in [7, 11) is 0. The molecule has 2 aliphatic rings. The van der Waals surface area contributed by atoms with Crippen LogP contribution in [0.2, 0.25) is 0 Å².